The van der Waals surface area contributed by atoms with Crippen molar-refractivity contribution in [2.45, 2.75) is 12.8 Å². The Labute approximate surface area is 137 Å². The van der Waals surface area contributed by atoms with Crippen molar-refractivity contribution in [1.82, 2.24) is 0 Å². The van der Waals surface area contributed by atoms with Gasteiger partial charge in [-0.3, -0.25) is 0 Å². The third kappa shape index (κ3) is 9.58. The molecule has 0 spiro atoms. The van der Waals surface area contributed by atoms with E-state index in [4.69, 9.17) is 0 Å². The topological polar surface area (TPSA) is 80.3 Å². The Morgan fingerprint density at radius 2 is 0.952 bits per heavy atom. The first kappa shape index (κ1) is 19.1. The van der Waals surface area contributed by atoms with Gasteiger partial charge in [0.15, 0.2) is 0 Å². The first-order valence-corrected chi connectivity index (χ1v) is 6.05. The second kappa shape index (κ2) is 10.8. The maximum Gasteiger partial charge on any atom is 2.00 e. The van der Waals surface area contributed by atoms with Crippen LogP contribution in [0.25, 0.3) is 0 Å². The van der Waals surface area contributed by atoms with Gasteiger partial charge in [0.05, 0.1) is 0 Å². The number of hydrogen-bond acceptors (Lipinski definition) is 4. The third-order valence-electron chi connectivity index (χ3n) is 2.38. The molecule has 0 aliphatic heterocycles. The average Bonchev–Trinajstić information content (AvgIpc) is 2.40. The summed E-state index contributed by atoms with van der Waals surface area (Å²) in [4.78, 5) is 20.1. The van der Waals surface area contributed by atoms with E-state index in [9.17, 15) is 19.8 Å². The molecular formula is C16H14MoO4. The molecule has 0 amide bonds. The summed E-state index contributed by atoms with van der Waals surface area (Å²) in [5.74, 6) is -2.07. The molecule has 0 aromatic heterocycles. The molecule has 0 radical (unpaired) electrons. The van der Waals surface area contributed by atoms with Crippen LogP contribution in [0, 0.1) is 0 Å². The molecule has 0 heterocycles. The van der Waals surface area contributed by atoms with Crippen LogP contribution in [0.15, 0.2) is 60.7 Å². The number of carbonyl (C=O) groups excluding carboxylic acids is 2. The van der Waals surface area contributed by atoms with E-state index >= 15 is 0 Å². The van der Waals surface area contributed by atoms with E-state index < -0.39 is 11.9 Å². The van der Waals surface area contributed by atoms with E-state index in [1.807, 2.05) is 12.1 Å². The molecule has 108 valence electrons. The van der Waals surface area contributed by atoms with E-state index in [2.05, 4.69) is 0 Å². The summed E-state index contributed by atoms with van der Waals surface area (Å²) in [6.45, 7) is 0. The zero-order valence-electron chi connectivity index (χ0n) is 11.2. The van der Waals surface area contributed by atoms with Gasteiger partial charge in [-0.1, -0.05) is 60.7 Å². The maximum atomic E-state index is 10.1. The molecule has 0 unspecified atom stereocenters. The van der Waals surface area contributed by atoms with Crippen molar-refractivity contribution in [3.63, 3.8) is 0 Å². The normalized spacial score (nSPS) is 8.76. The van der Waals surface area contributed by atoms with Crippen molar-refractivity contribution in [2.24, 2.45) is 0 Å². The molecule has 2 aromatic rings. The Hall–Kier alpha value is -1.93. The van der Waals surface area contributed by atoms with Crippen molar-refractivity contribution < 1.29 is 40.9 Å². The predicted octanol–water partition coefficient (Wildman–Crippen LogP) is -0.0445. The van der Waals surface area contributed by atoms with Crippen LogP contribution in [0.5, 0.6) is 0 Å². The maximum absolute atomic E-state index is 10.1. The van der Waals surface area contributed by atoms with E-state index in [1.165, 1.54) is 0 Å². The molecule has 2 aromatic carbocycles. The number of carboxylic acids is 2. The first-order valence-electron chi connectivity index (χ1n) is 6.05. The van der Waals surface area contributed by atoms with Crippen LogP contribution in [0.4, 0.5) is 0 Å². The summed E-state index contributed by atoms with van der Waals surface area (Å²) < 4.78 is 0. The van der Waals surface area contributed by atoms with Crippen molar-refractivity contribution in [1.29, 1.82) is 0 Å². The van der Waals surface area contributed by atoms with Gasteiger partial charge in [0.1, 0.15) is 0 Å². The van der Waals surface area contributed by atoms with Gasteiger partial charge in [-0.15, -0.1) is 0 Å². The van der Waals surface area contributed by atoms with Crippen molar-refractivity contribution in [3.05, 3.63) is 71.8 Å². The minimum absolute atomic E-state index is 0. The van der Waals surface area contributed by atoms with Crippen LogP contribution in [-0.2, 0) is 43.5 Å². The van der Waals surface area contributed by atoms with E-state index in [0.29, 0.717) is 0 Å². The van der Waals surface area contributed by atoms with E-state index in [-0.39, 0.29) is 33.9 Å². The van der Waals surface area contributed by atoms with E-state index in [1.54, 1.807) is 48.5 Å². The standard InChI is InChI=1S/2C8H8O2.Mo/c2*9-8(10)6-7-4-2-1-3-5-7;/h2*1-5H,6H2,(H,9,10);/q;;+2/p-2. The van der Waals surface area contributed by atoms with Crippen molar-refractivity contribution in [3.8, 4) is 0 Å². The molecule has 0 fully saturated rings. The minimum Gasteiger partial charge on any atom is -0.550 e. The molecular weight excluding hydrogens is 352 g/mol. The number of benzene rings is 2. The second-order valence-corrected chi connectivity index (χ2v) is 4.07. The largest absolute Gasteiger partial charge is 2.00 e. The Balaban J connectivity index is 0.000000364. The first-order chi connectivity index (χ1) is 9.58. The van der Waals surface area contributed by atoms with Crippen molar-refractivity contribution >= 4 is 11.9 Å². The zero-order chi connectivity index (χ0) is 14.8. The average molecular weight is 366 g/mol. The van der Waals surface area contributed by atoms with Gasteiger partial charge in [-0.05, 0) is 11.1 Å². The van der Waals surface area contributed by atoms with Crippen molar-refractivity contribution in [2.75, 3.05) is 0 Å². The molecule has 21 heavy (non-hydrogen) atoms. The smallest absolute Gasteiger partial charge is 0.550 e. The summed E-state index contributed by atoms with van der Waals surface area (Å²) in [7, 11) is 0. The molecule has 0 saturated carbocycles. The number of carbonyl (C=O) groups is 2. The quantitative estimate of drug-likeness (QED) is 0.711. The van der Waals surface area contributed by atoms with Gasteiger partial charge in [0, 0.05) is 24.8 Å². The van der Waals surface area contributed by atoms with Gasteiger partial charge in [0.2, 0.25) is 0 Å². The monoisotopic (exact) mass is 368 g/mol. The zero-order valence-corrected chi connectivity index (χ0v) is 13.2. The summed E-state index contributed by atoms with van der Waals surface area (Å²) in [6.07, 6.45) is 0.00167. The Morgan fingerprint density at radius 3 is 1.19 bits per heavy atom. The fourth-order valence-corrected chi connectivity index (χ4v) is 1.53. The van der Waals surface area contributed by atoms with Crippen LogP contribution in [0.2, 0.25) is 0 Å². The predicted molar refractivity (Wildman–Crippen MR) is 70.3 cm³/mol. The molecule has 0 N–H and O–H groups in total. The second-order valence-electron chi connectivity index (χ2n) is 4.07. The Kier molecular flexibility index (Phi) is 9.81. The van der Waals surface area contributed by atoms with E-state index in [0.717, 1.165) is 11.1 Å². The molecule has 5 heteroatoms. The molecule has 0 bridgehead atoms. The van der Waals surface area contributed by atoms with Crippen LogP contribution in [0.3, 0.4) is 0 Å². The van der Waals surface area contributed by atoms with Gasteiger partial charge >= 0.3 is 21.1 Å². The minimum atomic E-state index is -1.04. The molecule has 0 atom stereocenters. The van der Waals surface area contributed by atoms with Crippen LogP contribution in [-0.4, -0.2) is 11.9 Å². The summed E-state index contributed by atoms with van der Waals surface area (Å²) in [5, 5.41) is 20.1. The third-order valence-corrected chi connectivity index (χ3v) is 2.38. The van der Waals surface area contributed by atoms with Crippen LogP contribution >= 0.6 is 0 Å². The molecule has 0 saturated heterocycles. The molecule has 0 aliphatic rings. The fourth-order valence-electron chi connectivity index (χ4n) is 1.53. The van der Waals surface area contributed by atoms with Gasteiger partial charge in [-0.25, -0.2) is 0 Å². The molecule has 4 nitrogen and oxygen atoms in total. The Morgan fingerprint density at radius 1 is 0.667 bits per heavy atom. The van der Waals surface area contributed by atoms with Gasteiger partial charge in [-0.2, -0.15) is 0 Å². The summed E-state index contributed by atoms with van der Waals surface area (Å²) >= 11 is 0. The number of carboxylic acid groups (broad SMARTS) is 2. The molecule has 0 aliphatic carbocycles. The summed E-state index contributed by atoms with van der Waals surface area (Å²) in [5.41, 5.74) is 1.56. The number of aliphatic carboxylic acids is 2. The van der Waals surface area contributed by atoms with Crippen LogP contribution in [0.1, 0.15) is 11.1 Å². The SMILES string of the molecule is O=C([O-])Cc1ccccc1.O=C([O-])Cc1ccccc1.[Mo+2]. The van der Waals surface area contributed by atoms with Crippen LogP contribution < -0.4 is 10.2 Å². The Bertz CT molecular complexity index is 489. The molecule has 2 rings (SSSR count). The number of rotatable bonds is 4. The number of hydrogen-bond donors (Lipinski definition) is 0. The fraction of sp³-hybridized carbons (Fsp3) is 0.125. The van der Waals surface area contributed by atoms with Gasteiger partial charge in [0.25, 0.3) is 0 Å². The summed E-state index contributed by atoms with van der Waals surface area (Å²) in [6, 6.07) is 17.9. The van der Waals surface area contributed by atoms with Gasteiger partial charge < -0.3 is 19.8 Å².